The average Bonchev–Trinajstić information content (AvgIpc) is 3.21. The van der Waals surface area contributed by atoms with Gasteiger partial charge in [0.15, 0.2) is 0 Å². The Bertz CT molecular complexity index is 928. The summed E-state index contributed by atoms with van der Waals surface area (Å²) < 4.78 is 33.3. The summed E-state index contributed by atoms with van der Waals surface area (Å²) in [6, 6.07) is 13.5. The van der Waals surface area contributed by atoms with Crippen LogP contribution >= 0.6 is 11.6 Å². The summed E-state index contributed by atoms with van der Waals surface area (Å²) in [7, 11) is -3.86. The van der Waals surface area contributed by atoms with E-state index in [4.69, 9.17) is 16.3 Å². The minimum Gasteiger partial charge on any atom is -0.377 e. The molecule has 0 spiro atoms. The topological polar surface area (TPSA) is 84.5 Å². The second-order valence-corrected chi connectivity index (χ2v) is 8.88. The van der Waals surface area contributed by atoms with Crippen molar-refractivity contribution in [2.45, 2.75) is 36.8 Å². The van der Waals surface area contributed by atoms with Gasteiger partial charge in [-0.2, -0.15) is 0 Å². The third-order valence-electron chi connectivity index (χ3n) is 4.66. The summed E-state index contributed by atoms with van der Waals surface area (Å²) >= 11 is 6.10. The zero-order valence-electron chi connectivity index (χ0n) is 15.5. The molecule has 2 N–H and O–H groups in total. The highest BCUT2D eigenvalue weighted by Crippen LogP contribution is 2.24. The van der Waals surface area contributed by atoms with E-state index in [0.29, 0.717) is 6.61 Å². The summed E-state index contributed by atoms with van der Waals surface area (Å²) in [4.78, 5) is 12.5. The van der Waals surface area contributed by atoms with Gasteiger partial charge >= 0.3 is 0 Å². The number of nitrogens with one attached hydrogen (secondary N) is 2. The molecule has 0 bridgehead atoms. The Morgan fingerprint density at radius 1 is 1.25 bits per heavy atom. The van der Waals surface area contributed by atoms with Gasteiger partial charge in [0.2, 0.25) is 10.0 Å². The maximum absolute atomic E-state index is 12.6. The van der Waals surface area contributed by atoms with E-state index in [9.17, 15) is 13.2 Å². The Labute approximate surface area is 170 Å². The van der Waals surface area contributed by atoms with Crippen molar-refractivity contribution in [1.82, 2.24) is 10.0 Å². The summed E-state index contributed by atoms with van der Waals surface area (Å²) in [5.41, 5.74) is 1.18. The van der Waals surface area contributed by atoms with Crippen LogP contribution in [0.2, 0.25) is 5.02 Å². The van der Waals surface area contributed by atoms with E-state index in [0.717, 1.165) is 18.4 Å². The molecule has 1 saturated heterocycles. The molecule has 28 heavy (non-hydrogen) atoms. The van der Waals surface area contributed by atoms with Crippen LogP contribution < -0.4 is 10.0 Å². The number of ether oxygens (including phenoxy) is 1. The number of hydrogen-bond donors (Lipinski definition) is 2. The van der Waals surface area contributed by atoms with E-state index >= 15 is 0 Å². The van der Waals surface area contributed by atoms with Crippen LogP contribution in [0.1, 0.15) is 41.7 Å². The quantitative estimate of drug-likeness (QED) is 0.717. The number of rotatable bonds is 7. The van der Waals surface area contributed by atoms with Gasteiger partial charge in [0.1, 0.15) is 4.90 Å². The van der Waals surface area contributed by atoms with Gasteiger partial charge in [-0.05, 0) is 43.5 Å². The molecule has 1 aliphatic rings. The number of amides is 1. The zero-order chi connectivity index (χ0) is 20.1. The fourth-order valence-electron chi connectivity index (χ4n) is 3.04. The molecule has 2 aromatic carbocycles. The van der Waals surface area contributed by atoms with Crippen molar-refractivity contribution in [3.8, 4) is 0 Å². The number of halogens is 1. The monoisotopic (exact) mass is 422 g/mol. The molecular weight excluding hydrogens is 400 g/mol. The van der Waals surface area contributed by atoms with Crippen LogP contribution in [-0.4, -0.2) is 33.6 Å². The molecule has 1 fully saturated rings. The van der Waals surface area contributed by atoms with Gasteiger partial charge in [-0.25, -0.2) is 13.1 Å². The molecule has 150 valence electrons. The normalized spacial score (nSPS) is 18.0. The van der Waals surface area contributed by atoms with Crippen LogP contribution in [0, 0.1) is 0 Å². The Morgan fingerprint density at radius 3 is 2.68 bits per heavy atom. The fourth-order valence-corrected chi connectivity index (χ4v) is 4.63. The first-order valence-electron chi connectivity index (χ1n) is 9.13. The molecule has 0 radical (unpaired) electrons. The molecule has 2 aromatic rings. The van der Waals surface area contributed by atoms with Gasteiger partial charge in [0.05, 0.1) is 17.2 Å². The van der Waals surface area contributed by atoms with Gasteiger partial charge in [-0.3, -0.25) is 4.79 Å². The molecule has 3 rings (SSSR count). The van der Waals surface area contributed by atoms with Crippen LogP contribution in [0.3, 0.4) is 0 Å². The van der Waals surface area contributed by atoms with Gasteiger partial charge in [-0.1, -0.05) is 41.9 Å². The van der Waals surface area contributed by atoms with E-state index in [-0.39, 0.29) is 40.1 Å². The van der Waals surface area contributed by atoms with Crippen LogP contribution in [0.4, 0.5) is 0 Å². The molecule has 2 atom stereocenters. The number of sulfonamides is 1. The summed E-state index contributed by atoms with van der Waals surface area (Å²) in [5, 5.41) is 2.93. The van der Waals surface area contributed by atoms with Gasteiger partial charge in [0.25, 0.3) is 5.91 Å². The Kier molecular flexibility index (Phi) is 6.72. The minimum absolute atomic E-state index is 0.0625. The predicted molar refractivity (Wildman–Crippen MR) is 108 cm³/mol. The van der Waals surface area contributed by atoms with Crippen molar-refractivity contribution in [3.63, 3.8) is 0 Å². The van der Waals surface area contributed by atoms with Crippen LogP contribution in [0.25, 0.3) is 0 Å². The molecule has 1 heterocycles. The van der Waals surface area contributed by atoms with E-state index in [2.05, 4.69) is 10.0 Å². The number of carbonyl (C=O) groups excluding carboxylic acids is 1. The van der Waals surface area contributed by atoms with E-state index in [1.54, 1.807) is 0 Å². The standard InChI is InChI=1S/C20H23ClN2O4S/c1-14(15-6-3-2-4-7-15)23-20(24)16-9-10-18(21)19(12-16)28(25,26)22-13-17-8-5-11-27-17/h2-4,6-7,9-10,12,14,17,22H,5,8,11,13H2,1H3,(H,23,24)/t14-,17+/m1/s1. The zero-order valence-corrected chi connectivity index (χ0v) is 17.1. The van der Waals surface area contributed by atoms with Crippen LogP contribution in [-0.2, 0) is 14.8 Å². The van der Waals surface area contributed by atoms with Crippen molar-refractivity contribution >= 4 is 27.5 Å². The highest BCUT2D eigenvalue weighted by Gasteiger charge is 2.23. The molecule has 1 aliphatic heterocycles. The third-order valence-corrected chi connectivity index (χ3v) is 6.56. The molecular formula is C20H23ClN2O4S. The van der Waals surface area contributed by atoms with Crippen molar-refractivity contribution in [2.75, 3.05) is 13.2 Å². The predicted octanol–water partition coefficient (Wildman–Crippen LogP) is 3.29. The first kappa shape index (κ1) is 20.8. The van der Waals surface area contributed by atoms with Gasteiger partial charge in [0, 0.05) is 18.7 Å². The van der Waals surface area contributed by atoms with E-state index < -0.39 is 10.0 Å². The largest absolute Gasteiger partial charge is 0.377 e. The molecule has 6 nitrogen and oxygen atoms in total. The number of benzene rings is 2. The van der Waals surface area contributed by atoms with Gasteiger partial charge < -0.3 is 10.1 Å². The second-order valence-electron chi connectivity index (χ2n) is 6.74. The van der Waals surface area contributed by atoms with Crippen molar-refractivity contribution in [2.24, 2.45) is 0 Å². The second kappa shape index (κ2) is 9.05. The first-order valence-corrected chi connectivity index (χ1v) is 11.0. The molecule has 0 unspecified atom stereocenters. The Balaban J connectivity index is 1.73. The summed E-state index contributed by atoms with van der Waals surface area (Å²) in [6.45, 7) is 2.69. The number of carbonyl (C=O) groups is 1. The van der Waals surface area contributed by atoms with Crippen molar-refractivity contribution in [1.29, 1.82) is 0 Å². The van der Waals surface area contributed by atoms with Crippen LogP contribution in [0.15, 0.2) is 53.4 Å². The third kappa shape index (κ3) is 5.11. The fraction of sp³-hybridized carbons (Fsp3) is 0.350. The molecule has 1 amide bonds. The highest BCUT2D eigenvalue weighted by atomic mass is 35.5. The molecule has 8 heteroatoms. The maximum Gasteiger partial charge on any atom is 0.251 e. The van der Waals surface area contributed by atoms with E-state index in [1.165, 1.54) is 18.2 Å². The molecule has 0 saturated carbocycles. The van der Waals surface area contributed by atoms with Crippen molar-refractivity contribution < 1.29 is 17.9 Å². The van der Waals surface area contributed by atoms with Crippen molar-refractivity contribution in [3.05, 3.63) is 64.7 Å². The molecule has 0 aromatic heterocycles. The first-order chi connectivity index (χ1) is 13.4. The average molecular weight is 423 g/mol. The summed E-state index contributed by atoms with van der Waals surface area (Å²) in [6.07, 6.45) is 1.60. The maximum atomic E-state index is 12.6. The minimum atomic E-state index is -3.86. The van der Waals surface area contributed by atoms with Crippen LogP contribution in [0.5, 0.6) is 0 Å². The number of hydrogen-bond acceptors (Lipinski definition) is 4. The molecule has 0 aliphatic carbocycles. The lowest BCUT2D eigenvalue weighted by molar-refractivity contribution is 0.0939. The van der Waals surface area contributed by atoms with Gasteiger partial charge in [-0.15, -0.1) is 0 Å². The lowest BCUT2D eigenvalue weighted by atomic mass is 10.1. The lowest BCUT2D eigenvalue weighted by Crippen LogP contribution is -2.32. The lowest BCUT2D eigenvalue weighted by Gasteiger charge is -2.16. The Morgan fingerprint density at radius 2 is 2.00 bits per heavy atom. The Hall–Kier alpha value is -1.93. The van der Waals surface area contributed by atoms with E-state index in [1.807, 2.05) is 37.3 Å². The highest BCUT2D eigenvalue weighted by molar-refractivity contribution is 7.89. The smallest absolute Gasteiger partial charge is 0.251 e. The summed E-state index contributed by atoms with van der Waals surface area (Å²) in [5.74, 6) is -0.372. The SMILES string of the molecule is C[C@@H](NC(=O)c1ccc(Cl)c(S(=O)(=O)NC[C@@H]2CCCO2)c1)c1ccccc1.